The molecule has 2 aromatic rings. The molecule has 106 valence electrons. The number of nitrogen functional groups attached to an aromatic ring is 1. The molecule has 0 atom stereocenters. The molecule has 0 aliphatic heterocycles. The topological polar surface area (TPSA) is 55.6 Å². The van der Waals surface area contributed by atoms with Gasteiger partial charge in [-0.3, -0.25) is 4.79 Å². The summed E-state index contributed by atoms with van der Waals surface area (Å²) in [6, 6.07) is 7.09. The molecule has 1 aromatic carbocycles. The number of carbonyl (C=O) groups is 1. The molecule has 0 radical (unpaired) electrons. The molecule has 1 amide bonds. The normalized spacial score (nSPS) is 10.3. The molecule has 0 bridgehead atoms. The lowest BCUT2D eigenvalue weighted by molar-refractivity contribution is 0.0786. The standard InChI is InChI=1S/C14H15BrN2O2S/c1-17(7-9-5-13(15)20-8-9)14(18)11-4-3-10(19-2)6-12(11)16/h3-6,8H,7,16H2,1-2H3. The SMILES string of the molecule is COc1ccc(C(=O)N(C)Cc2csc(Br)c2)c(N)c1. The summed E-state index contributed by atoms with van der Waals surface area (Å²) in [6.45, 7) is 0.548. The van der Waals surface area contributed by atoms with Gasteiger partial charge in [0, 0.05) is 25.3 Å². The van der Waals surface area contributed by atoms with Crippen LogP contribution < -0.4 is 10.5 Å². The largest absolute Gasteiger partial charge is 0.497 e. The second-order valence-corrected chi connectivity index (χ2v) is 6.66. The average Bonchev–Trinajstić information content (AvgIpc) is 2.83. The van der Waals surface area contributed by atoms with Gasteiger partial charge in [0.1, 0.15) is 5.75 Å². The maximum absolute atomic E-state index is 12.4. The number of methoxy groups -OCH3 is 1. The number of halogens is 1. The van der Waals surface area contributed by atoms with Gasteiger partial charge in [0.2, 0.25) is 0 Å². The molecule has 20 heavy (non-hydrogen) atoms. The van der Waals surface area contributed by atoms with Crippen molar-refractivity contribution in [2.45, 2.75) is 6.54 Å². The number of thiophene rings is 1. The van der Waals surface area contributed by atoms with Crippen molar-refractivity contribution >= 4 is 38.9 Å². The monoisotopic (exact) mass is 354 g/mol. The minimum absolute atomic E-state index is 0.104. The fraction of sp³-hybridized carbons (Fsp3) is 0.214. The highest BCUT2D eigenvalue weighted by molar-refractivity contribution is 9.11. The van der Waals surface area contributed by atoms with E-state index in [-0.39, 0.29) is 5.91 Å². The summed E-state index contributed by atoms with van der Waals surface area (Å²) in [7, 11) is 3.33. The van der Waals surface area contributed by atoms with E-state index >= 15 is 0 Å². The first-order valence-corrected chi connectivity index (χ1v) is 7.60. The van der Waals surface area contributed by atoms with E-state index in [1.165, 1.54) is 0 Å². The van der Waals surface area contributed by atoms with Crippen LogP contribution in [0.25, 0.3) is 0 Å². The van der Waals surface area contributed by atoms with Gasteiger partial charge in [-0.25, -0.2) is 0 Å². The third-order valence-electron chi connectivity index (χ3n) is 2.88. The van der Waals surface area contributed by atoms with Crippen molar-refractivity contribution in [3.63, 3.8) is 0 Å². The maximum atomic E-state index is 12.4. The number of nitrogens with two attached hydrogens (primary N) is 1. The fourth-order valence-corrected chi connectivity index (χ4v) is 3.04. The van der Waals surface area contributed by atoms with Crippen LogP contribution in [0.3, 0.4) is 0 Å². The third kappa shape index (κ3) is 3.32. The quantitative estimate of drug-likeness (QED) is 0.856. The van der Waals surface area contributed by atoms with Crippen molar-refractivity contribution in [3.05, 3.63) is 44.6 Å². The van der Waals surface area contributed by atoms with Crippen LogP contribution in [-0.2, 0) is 6.54 Å². The predicted octanol–water partition coefficient (Wildman–Crippen LogP) is 3.37. The summed E-state index contributed by atoms with van der Waals surface area (Å²) < 4.78 is 6.13. The number of rotatable bonds is 4. The van der Waals surface area contributed by atoms with E-state index in [4.69, 9.17) is 10.5 Å². The Bertz CT molecular complexity index is 627. The first-order valence-electron chi connectivity index (χ1n) is 5.93. The Hall–Kier alpha value is -1.53. The van der Waals surface area contributed by atoms with Crippen LogP contribution in [0.1, 0.15) is 15.9 Å². The fourth-order valence-electron chi connectivity index (χ4n) is 1.84. The Morgan fingerprint density at radius 2 is 2.20 bits per heavy atom. The van der Waals surface area contributed by atoms with Crippen molar-refractivity contribution in [2.24, 2.45) is 0 Å². The summed E-state index contributed by atoms with van der Waals surface area (Å²) in [6.07, 6.45) is 0. The molecule has 0 aliphatic rings. The molecular formula is C14H15BrN2O2S. The van der Waals surface area contributed by atoms with Crippen LogP contribution in [0.2, 0.25) is 0 Å². The first kappa shape index (κ1) is 14.9. The zero-order valence-corrected chi connectivity index (χ0v) is 13.6. The van der Waals surface area contributed by atoms with Gasteiger partial charge in [-0.05, 0) is 45.1 Å². The second kappa shape index (κ2) is 6.28. The molecule has 4 nitrogen and oxygen atoms in total. The lowest BCUT2D eigenvalue weighted by Gasteiger charge is -2.18. The third-order valence-corrected chi connectivity index (χ3v) is 4.43. The molecule has 1 aromatic heterocycles. The van der Waals surface area contributed by atoms with Crippen LogP contribution >= 0.6 is 27.3 Å². The van der Waals surface area contributed by atoms with Crippen molar-refractivity contribution in [1.82, 2.24) is 4.90 Å². The lowest BCUT2D eigenvalue weighted by Crippen LogP contribution is -2.26. The molecule has 0 spiro atoms. The van der Waals surface area contributed by atoms with E-state index in [2.05, 4.69) is 15.9 Å². The highest BCUT2D eigenvalue weighted by Crippen LogP contribution is 2.24. The Morgan fingerprint density at radius 3 is 2.75 bits per heavy atom. The summed E-state index contributed by atoms with van der Waals surface area (Å²) in [4.78, 5) is 14.0. The van der Waals surface area contributed by atoms with Crippen LogP contribution in [0.15, 0.2) is 33.4 Å². The molecule has 2 N–H and O–H groups in total. The zero-order chi connectivity index (χ0) is 14.7. The number of ether oxygens (including phenoxy) is 1. The molecule has 2 rings (SSSR count). The molecule has 0 aliphatic carbocycles. The van der Waals surface area contributed by atoms with Gasteiger partial charge >= 0.3 is 0 Å². The van der Waals surface area contributed by atoms with E-state index in [0.717, 1.165) is 9.35 Å². The number of nitrogens with zero attached hydrogens (tertiary/aromatic N) is 1. The van der Waals surface area contributed by atoms with Crippen molar-refractivity contribution < 1.29 is 9.53 Å². The smallest absolute Gasteiger partial charge is 0.255 e. The highest BCUT2D eigenvalue weighted by Gasteiger charge is 2.16. The molecule has 0 saturated carbocycles. The van der Waals surface area contributed by atoms with E-state index in [0.29, 0.717) is 23.5 Å². The Balaban J connectivity index is 2.14. The first-order chi connectivity index (χ1) is 9.51. The summed E-state index contributed by atoms with van der Waals surface area (Å²) in [5.74, 6) is 0.538. The lowest BCUT2D eigenvalue weighted by atomic mass is 10.1. The molecule has 6 heteroatoms. The summed E-state index contributed by atoms with van der Waals surface area (Å²) >= 11 is 5.01. The van der Waals surface area contributed by atoms with E-state index in [1.807, 2.05) is 11.4 Å². The number of anilines is 1. The second-order valence-electron chi connectivity index (χ2n) is 4.37. The van der Waals surface area contributed by atoms with Crippen molar-refractivity contribution in [1.29, 1.82) is 0 Å². The molecule has 0 fully saturated rings. The van der Waals surface area contributed by atoms with Gasteiger partial charge in [-0.15, -0.1) is 11.3 Å². The minimum atomic E-state index is -0.104. The summed E-state index contributed by atoms with van der Waals surface area (Å²) in [5, 5.41) is 2.02. The van der Waals surface area contributed by atoms with Gasteiger partial charge in [0.05, 0.1) is 16.5 Å². The van der Waals surface area contributed by atoms with Crippen LogP contribution in [0.5, 0.6) is 5.75 Å². The number of carbonyl (C=O) groups excluding carboxylic acids is 1. The number of benzene rings is 1. The molecule has 1 heterocycles. The zero-order valence-electron chi connectivity index (χ0n) is 11.2. The minimum Gasteiger partial charge on any atom is -0.497 e. The molecule has 0 saturated heterocycles. The number of hydrogen-bond acceptors (Lipinski definition) is 4. The average molecular weight is 355 g/mol. The Kier molecular flexibility index (Phi) is 4.67. The van der Waals surface area contributed by atoms with Crippen molar-refractivity contribution in [3.8, 4) is 5.75 Å². The van der Waals surface area contributed by atoms with Gasteiger partial charge in [0.15, 0.2) is 0 Å². The van der Waals surface area contributed by atoms with Crippen LogP contribution in [0.4, 0.5) is 5.69 Å². The highest BCUT2D eigenvalue weighted by atomic mass is 79.9. The van der Waals surface area contributed by atoms with E-state index in [1.54, 1.807) is 48.6 Å². The van der Waals surface area contributed by atoms with Crippen molar-refractivity contribution in [2.75, 3.05) is 19.9 Å². The van der Waals surface area contributed by atoms with Gasteiger partial charge in [-0.1, -0.05) is 0 Å². The molecular weight excluding hydrogens is 340 g/mol. The van der Waals surface area contributed by atoms with Gasteiger partial charge < -0.3 is 15.4 Å². The van der Waals surface area contributed by atoms with Gasteiger partial charge in [0.25, 0.3) is 5.91 Å². The van der Waals surface area contributed by atoms with Crippen LogP contribution in [-0.4, -0.2) is 25.0 Å². The number of amides is 1. The predicted molar refractivity (Wildman–Crippen MR) is 85.2 cm³/mol. The molecule has 0 unspecified atom stereocenters. The van der Waals surface area contributed by atoms with E-state index < -0.39 is 0 Å². The Labute approximate surface area is 130 Å². The van der Waals surface area contributed by atoms with E-state index in [9.17, 15) is 4.79 Å². The maximum Gasteiger partial charge on any atom is 0.255 e. The van der Waals surface area contributed by atoms with Crippen LogP contribution in [0, 0.1) is 0 Å². The van der Waals surface area contributed by atoms with Gasteiger partial charge in [-0.2, -0.15) is 0 Å². The summed E-state index contributed by atoms with van der Waals surface area (Å²) in [5.41, 5.74) is 7.90. The Morgan fingerprint density at radius 1 is 1.45 bits per heavy atom. The number of hydrogen-bond donors (Lipinski definition) is 1.